The Labute approximate surface area is 132 Å². The number of rotatable bonds is 3. The highest BCUT2D eigenvalue weighted by Gasteiger charge is 2.49. The van der Waals surface area contributed by atoms with Crippen molar-refractivity contribution in [3.8, 4) is 6.07 Å². The Bertz CT molecular complexity index is 464. The predicted molar refractivity (Wildman–Crippen MR) is 80.9 cm³/mol. The van der Waals surface area contributed by atoms with Gasteiger partial charge in [0, 0.05) is 13.1 Å². The molecule has 0 bridgehead atoms. The Kier molecular flexibility index (Phi) is 5.81. The van der Waals surface area contributed by atoms with Crippen molar-refractivity contribution in [2.24, 2.45) is 11.3 Å². The second-order valence-corrected chi connectivity index (χ2v) is 6.73. The van der Waals surface area contributed by atoms with E-state index in [1.807, 2.05) is 0 Å². The zero-order valence-electron chi connectivity index (χ0n) is 14.1. The minimum atomic E-state index is -0.972. The molecule has 0 aromatic carbocycles. The number of ether oxygens (including phenoxy) is 2. The fourth-order valence-electron chi connectivity index (χ4n) is 2.66. The molecule has 1 fully saturated rings. The summed E-state index contributed by atoms with van der Waals surface area (Å²) >= 11 is 0. The van der Waals surface area contributed by atoms with E-state index in [9.17, 15) is 14.9 Å². The van der Waals surface area contributed by atoms with Gasteiger partial charge in [-0.3, -0.25) is 4.79 Å². The van der Waals surface area contributed by atoms with Crippen LogP contribution in [-0.2, 0) is 14.3 Å². The first-order valence-corrected chi connectivity index (χ1v) is 7.71. The first kappa shape index (κ1) is 18.3. The van der Waals surface area contributed by atoms with Crippen LogP contribution in [0.5, 0.6) is 0 Å². The molecule has 0 saturated carbocycles. The fraction of sp³-hybridized carbons (Fsp3) is 0.812. The number of hydrogen-bond donors (Lipinski definition) is 0. The maximum absolute atomic E-state index is 12.4. The smallest absolute Gasteiger partial charge is 0.410 e. The summed E-state index contributed by atoms with van der Waals surface area (Å²) in [5, 5.41) is 9.29. The highest BCUT2D eigenvalue weighted by atomic mass is 16.6. The van der Waals surface area contributed by atoms with Crippen LogP contribution >= 0.6 is 0 Å². The summed E-state index contributed by atoms with van der Waals surface area (Å²) in [5.41, 5.74) is -1.57. The zero-order valence-corrected chi connectivity index (χ0v) is 14.1. The normalized spacial score (nSPS) is 23.4. The molecular formula is C16H26N2O4. The van der Waals surface area contributed by atoms with Gasteiger partial charge >= 0.3 is 12.1 Å². The van der Waals surface area contributed by atoms with E-state index < -0.39 is 29.0 Å². The maximum atomic E-state index is 12.4. The second-order valence-electron chi connectivity index (χ2n) is 6.73. The third-order valence-electron chi connectivity index (χ3n) is 3.88. The van der Waals surface area contributed by atoms with Gasteiger partial charge in [-0.15, -0.1) is 0 Å². The molecule has 2 atom stereocenters. The van der Waals surface area contributed by atoms with Gasteiger partial charge in [-0.2, -0.15) is 5.26 Å². The van der Waals surface area contributed by atoms with Crippen LogP contribution in [0.2, 0.25) is 0 Å². The molecule has 2 unspecified atom stereocenters. The number of esters is 1. The summed E-state index contributed by atoms with van der Waals surface area (Å²) < 4.78 is 10.5. The SMILES string of the molecule is CCOC(=O)C1(C(C)C#N)CCCN(C(=O)OC(C)(C)C)C1. The molecule has 0 aromatic heterocycles. The summed E-state index contributed by atoms with van der Waals surface area (Å²) in [4.78, 5) is 26.2. The molecule has 1 aliphatic rings. The Morgan fingerprint density at radius 1 is 1.41 bits per heavy atom. The summed E-state index contributed by atoms with van der Waals surface area (Å²) in [6.07, 6.45) is 0.732. The van der Waals surface area contributed by atoms with Crippen LogP contribution in [0.1, 0.15) is 47.5 Å². The number of nitrogens with zero attached hydrogens (tertiary/aromatic N) is 2. The van der Waals surface area contributed by atoms with Crippen molar-refractivity contribution in [3.05, 3.63) is 0 Å². The van der Waals surface area contributed by atoms with Crippen LogP contribution in [0.3, 0.4) is 0 Å². The second kappa shape index (κ2) is 6.99. The van der Waals surface area contributed by atoms with E-state index >= 15 is 0 Å². The maximum Gasteiger partial charge on any atom is 0.410 e. The predicted octanol–water partition coefficient (Wildman–Crippen LogP) is 2.73. The molecule has 0 aliphatic carbocycles. The zero-order chi connectivity index (χ0) is 17.0. The number of likely N-dealkylation sites (tertiary alicyclic amines) is 1. The van der Waals surface area contributed by atoms with Gasteiger partial charge in [0.15, 0.2) is 0 Å². The lowest BCUT2D eigenvalue weighted by Crippen LogP contribution is -2.54. The monoisotopic (exact) mass is 310 g/mol. The molecule has 0 N–H and O–H groups in total. The van der Waals surface area contributed by atoms with Crippen LogP contribution < -0.4 is 0 Å². The highest BCUT2D eigenvalue weighted by molar-refractivity contribution is 5.79. The van der Waals surface area contributed by atoms with Gasteiger partial charge in [0.1, 0.15) is 11.0 Å². The molecule has 0 spiro atoms. The van der Waals surface area contributed by atoms with Gasteiger partial charge in [0.05, 0.1) is 18.6 Å². The minimum absolute atomic E-state index is 0.162. The number of amides is 1. The molecule has 0 radical (unpaired) electrons. The summed E-state index contributed by atoms with van der Waals surface area (Å²) in [6.45, 7) is 9.77. The third-order valence-corrected chi connectivity index (χ3v) is 3.88. The minimum Gasteiger partial charge on any atom is -0.465 e. The average molecular weight is 310 g/mol. The van der Waals surface area contributed by atoms with Gasteiger partial charge in [0.2, 0.25) is 0 Å². The number of piperidine rings is 1. The first-order chi connectivity index (χ1) is 10.2. The molecule has 1 saturated heterocycles. The van der Waals surface area contributed by atoms with Crippen LogP contribution in [0.15, 0.2) is 0 Å². The molecule has 1 aliphatic heterocycles. The topological polar surface area (TPSA) is 79.6 Å². The van der Waals surface area contributed by atoms with Gasteiger partial charge in [-0.05, 0) is 47.5 Å². The molecule has 1 amide bonds. The van der Waals surface area contributed by atoms with Gasteiger partial charge in [-0.1, -0.05) is 0 Å². The molecule has 6 heteroatoms. The van der Waals surface area contributed by atoms with E-state index in [1.165, 1.54) is 4.90 Å². The van der Waals surface area contributed by atoms with E-state index in [1.54, 1.807) is 34.6 Å². The fourth-order valence-corrected chi connectivity index (χ4v) is 2.66. The number of carbonyl (C=O) groups is 2. The molecule has 1 rings (SSSR count). The highest BCUT2D eigenvalue weighted by Crippen LogP contribution is 2.39. The molecule has 0 aromatic rings. The lowest BCUT2D eigenvalue weighted by Gasteiger charge is -2.42. The Morgan fingerprint density at radius 2 is 2.05 bits per heavy atom. The average Bonchev–Trinajstić information content (AvgIpc) is 2.44. The van der Waals surface area contributed by atoms with Crippen molar-refractivity contribution >= 4 is 12.1 Å². The van der Waals surface area contributed by atoms with Gasteiger partial charge in [0.25, 0.3) is 0 Å². The standard InChI is InChI=1S/C16H26N2O4/c1-6-21-13(19)16(12(2)10-17)8-7-9-18(11-16)14(20)22-15(3,4)5/h12H,6-9,11H2,1-5H3. The van der Waals surface area contributed by atoms with E-state index in [-0.39, 0.29) is 13.2 Å². The Hall–Kier alpha value is -1.77. The van der Waals surface area contributed by atoms with E-state index in [4.69, 9.17) is 9.47 Å². The molecular weight excluding hydrogens is 284 g/mol. The lowest BCUT2D eigenvalue weighted by molar-refractivity contribution is -0.161. The van der Waals surface area contributed by atoms with Crippen molar-refractivity contribution in [3.63, 3.8) is 0 Å². The van der Waals surface area contributed by atoms with E-state index in [2.05, 4.69) is 6.07 Å². The van der Waals surface area contributed by atoms with Gasteiger partial charge < -0.3 is 14.4 Å². The van der Waals surface area contributed by atoms with Crippen molar-refractivity contribution in [2.45, 2.75) is 53.1 Å². The van der Waals surface area contributed by atoms with E-state index in [0.717, 1.165) is 0 Å². The Morgan fingerprint density at radius 3 is 2.55 bits per heavy atom. The van der Waals surface area contributed by atoms with Crippen LogP contribution in [0.4, 0.5) is 4.79 Å². The number of carbonyl (C=O) groups excluding carboxylic acids is 2. The van der Waals surface area contributed by atoms with Gasteiger partial charge in [-0.25, -0.2) is 4.79 Å². The molecule has 124 valence electrons. The third kappa shape index (κ3) is 4.12. The summed E-state index contributed by atoms with van der Waals surface area (Å²) in [6, 6.07) is 2.14. The van der Waals surface area contributed by atoms with Crippen molar-refractivity contribution < 1.29 is 19.1 Å². The van der Waals surface area contributed by atoms with E-state index in [0.29, 0.717) is 19.4 Å². The molecule has 22 heavy (non-hydrogen) atoms. The first-order valence-electron chi connectivity index (χ1n) is 7.71. The lowest BCUT2D eigenvalue weighted by atomic mass is 9.71. The van der Waals surface area contributed by atoms with Crippen molar-refractivity contribution in [1.29, 1.82) is 5.26 Å². The molecule has 1 heterocycles. The number of nitriles is 1. The summed E-state index contributed by atoms with van der Waals surface area (Å²) in [5.74, 6) is -0.936. The van der Waals surface area contributed by atoms with Crippen molar-refractivity contribution in [1.82, 2.24) is 4.90 Å². The van der Waals surface area contributed by atoms with Crippen LogP contribution in [-0.4, -0.2) is 42.3 Å². The quantitative estimate of drug-likeness (QED) is 0.749. The van der Waals surface area contributed by atoms with Crippen LogP contribution in [0, 0.1) is 22.7 Å². The Balaban J connectivity index is 2.98. The number of hydrogen-bond acceptors (Lipinski definition) is 5. The summed E-state index contributed by atoms with van der Waals surface area (Å²) in [7, 11) is 0. The molecule has 6 nitrogen and oxygen atoms in total. The van der Waals surface area contributed by atoms with Crippen molar-refractivity contribution in [2.75, 3.05) is 19.7 Å². The largest absolute Gasteiger partial charge is 0.465 e. The van der Waals surface area contributed by atoms with Crippen LogP contribution in [0.25, 0.3) is 0 Å².